The third-order valence-corrected chi connectivity index (χ3v) is 3.43. The van der Waals surface area contributed by atoms with Crippen LogP contribution in [-0.4, -0.2) is 23.5 Å². The van der Waals surface area contributed by atoms with Crippen molar-refractivity contribution in [2.24, 2.45) is 5.41 Å². The summed E-state index contributed by atoms with van der Waals surface area (Å²) >= 11 is 0. The number of hydrogen-bond donors (Lipinski definition) is 1. The average molecular weight is 260 g/mol. The van der Waals surface area contributed by atoms with Gasteiger partial charge in [0.15, 0.2) is 0 Å². The van der Waals surface area contributed by atoms with Gasteiger partial charge in [-0.05, 0) is 17.4 Å². The molecule has 0 saturated carbocycles. The summed E-state index contributed by atoms with van der Waals surface area (Å²) in [5, 5.41) is 3.46. The first-order valence-electron chi connectivity index (χ1n) is 7.04. The number of carbonyl (C=O) groups excluding carboxylic acids is 1. The zero-order valence-corrected chi connectivity index (χ0v) is 12.3. The summed E-state index contributed by atoms with van der Waals surface area (Å²) in [5.41, 5.74) is 1.18. The van der Waals surface area contributed by atoms with Crippen molar-refractivity contribution in [2.45, 2.75) is 46.3 Å². The van der Waals surface area contributed by atoms with Crippen LogP contribution >= 0.6 is 0 Å². The fourth-order valence-corrected chi connectivity index (χ4v) is 2.59. The van der Waals surface area contributed by atoms with Gasteiger partial charge in [0.25, 0.3) is 0 Å². The van der Waals surface area contributed by atoms with Gasteiger partial charge in [-0.15, -0.1) is 0 Å². The summed E-state index contributed by atoms with van der Waals surface area (Å²) in [6, 6.07) is 9.79. The molecule has 1 heterocycles. The topological polar surface area (TPSA) is 32.3 Å². The summed E-state index contributed by atoms with van der Waals surface area (Å²) in [4.78, 5) is 14.6. The van der Waals surface area contributed by atoms with Crippen LogP contribution in [0.3, 0.4) is 0 Å². The first kappa shape index (κ1) is 14.1. The van der Waals surface area contributed by atoms with Crippen LogP contribution in [0.5, 0.6) is 0 Å². The number of hydrogen-bond acceptors (Lipinski definition) is 2. The lowest BCUT2D eigenvalue weighted by molar-refractivity contribution is -0.131. The van der Waals surface area contributed by atoms with E-state index in [0.717, 1.165) is 18.5 Å². The average Bonchev–Trinajstić information content (AvgIpc) is 2.66. The lowest BCUT2D eigenvalue weighted by Crippen LogP contribution is -2.41. The lowest BCUT2D eigenvalue weighted by Gasteiger charge is -2.30. The van der Waals surface area contributed by atoms with Crippen LogP contribution in [0.2, 0.25) is 0 Å². The summed E-state index contributed by atoms with van der Waals surface area (Å²) < 4.78 is 0. The molecule has 3 heteroatoms. The molecule has 1 aromatic carbocycles. The minimum absolute atomic E-state index is 0.121. The van der Waals surface area contributed by atoms with E-state index in [1.807, 2.05) is 35.2 Å². The molecule has 2 unspecified atom stereocenters. The molecular formula is C16H24N2O. The lowest BCUT2D eigenvalue weighted by atomic mass is 9.95. The Labute approximate surface area is 116 Å². The molecule has 1 fully saturated rings. The van der Waals surface area contributed by atoms with Gasteiger partial charge in [0.05, 0.1) is 6.17 Å². The fourth-order valence-electron chi connectivity index (χ4n) is 2.59. The summed E-state index contributed by atoms with van der Waals surface area (Å²) in [6.07, 6.45) is 1.09. The van der Waals surface area contributed by atoms with E-state index in [1.54, 1.807) is 0 Å². The van der Waals surface area contributed by atoms with E-state index in [2.05, 4.69) is 33.0 Å². The van der Waals surface area contributed by atoms with Gasteiger partial charge in [-0.3, -0.25) is 10.1 Å². The molecular weight excluding hydrogens is 236 g/mol. The highest BCUT2D eigenvalue weighted by Gasteiger charge is 2.39. The summed E-state index contributed by atoms with van der Waals surface area (Å²) in [7, 11) is 0. The van der Waals surface area contributed by atoms with E-state index in [1.165, 1.54) is 0 Å². The van der Waals surface area contributed by atoms with Crippen molar-refractivity contribution in [3.8, 4) is 0 Å². The minimum atomic E-state index is -0.187. The van der Waals surface area contributed by atoms with Crippen molar-refractivity contribution >= 4 is 5.91 Å². The molecule has 2 atom stereocenters. The highest BCUT2D eigenvalue weighted by atomic mass is 16.2. The molecule has 104 valence electrons. The van der Waals surface area contributed by atoms with E-state index in [9.17, 15) is 4.79 Å². The molecule has 2 rings (SSSR count). The molecule has 1 aliphatic heterocycles. The molecule has 3 nitrogen and oxygen atoms in total. The number of amides is 1. The van der Waals surface area contributed by atoms with Crippen LogP contribution < -0.4 is 5.32 Å². The molecule has 1 aliphatic rings. The Morgan fingerprint density at radius 2 is 1.84 bits per heavy atom. The maximum absolute atomic E-state index is 12.6. The van der Waals surface area contributed by atoms with Gasteiger partial charge in [-0.25, -0.2) is 0 Å². The Bertz CT molecular complexity index is 436. The van der Waals surface area contributed by atoms with Crippen molar-refractivity contribution in [3.63, 3.8) is 0 Å². The maximum Gasteiger partial charge on any atom is 0.245 e. The van der Waals surface area contributed by atoms with Crippen LogP contribution in [-0.2, 0) is 4.79 Å². The molecule has 0 aliphatic carbocycles. The van der Waals surface area contributed by atoms with E-state index in [-0.39, 0.29) is 23.5 Å². The molecule has 0 spiro atoms. The van der Waals surface area contributed by atoms with Crippen LogP contribution in [0.1, 0.15) is 45.7 Å². The highest BCUT2D eigenvalue weighted by molar-refractivity contribution is 5.85. The van der Waals surface area contributed by atoms with Gasteiger partial charge in [0.1, 0.15) is 6.04 Å². The second-order valence-corrected chi connectivity index (χ2v) is 6.46. The number of carbonyl (C=O) groups is 1. The Hall–Kier alpha value is -1.35. The van der Waals surface area contributed by atoms with Gasteiger partial charge in [0.2, 0.25) is 5.91 Å². The molecule has 1 amide bonds. The van der Waals surface area contributed by atoms with Crippen LogP contribution in [0, 0.1) is 5.41 Å². The number of nitrogens with zero attached hydrogens (tertiary/aromatic N) is 1. The Morgan fingerprint density at radius 1 is 1.21 bits per heavy atom. The highest BCUT2D eigenvalue weighted by Crippen LogP contribution is 2.28. The van der Waals surface area contributed by atoms with Crippen molar-refractivity contribution in [1.29, 1.82) is 0 Å². The standard InChI is InChI=1S/C16H24N2O/c1-5-13-17-14(12-9-7-6-8-10-12)15(19)18(13)11-16(2,3)4/h6-10,13-14,17H,5,11H2,1-4H3. The van der Waals surface area contributed by atoms with E-state index < -0.39 is 0 Å². The number of benzene rings is 1. The quantitative estimate of drug-likeness (QED) is 0.906. The molecule has 1 N–H and O–H groups in total. The van der Waals surface area contributed by atoms with Crippen LogP contribution in [0.15, 0.2) is 30.3 Å². The van der Waals surface area contributed by atoms with Crippen molar-refractivity contribution < 1.29 is 4.79 Å². The molecule has 1 saturated heterocycles. The smallest absolute Gasteiger partial charge is 0.245 e. The fraction of sp³-hybridized carbons (Fsp3) is 0.562. The van der Waals surface area contributed by atoms with Crippen LogP contribution in [0.4, 0.5) is 0 Å². The Kier molecular flexibility index (Phi) is 3.95. The number of nitrogens with one attached hydrogen (secondary N) is 1. The van der Waals surface area contributed by atoms with Crippen molar-refractivity contribution in [1.82, 2.24) is 10.2 Å². The van der Waals surface area contributed by atoms with Gasteiger partial charge < -0.3 is 4.90 Å². The van der Waals surface area contributed by atoms with E-state index >= 15 is 0 Å². The van der Waals surface area contributed by atoms with Gasteiger partial charge >= 0.3 is 0 Å². The third-order valence-electron chi connectivity index (χ3n) is 3.43. The van der Waals surface area contributed by atoms with Gasteiger partial charge in [-0.1, -0.05) is 58.0 Å². The van der Waals surface area contributed by atoms with E-state index in [0.29, 0.717) is 0 Å². The first-order chi connectivity index (χ1) is 8.92. The zero-order chi connectivity index (χ0) is 14.0. The molecule has 0 aromatic heterocycles. The second-order valence-electron chi connectivity index (χ2n) is 6.46. The first-order valence-corrected chi connectivity index (χ1v) is 7.04. The van der Waals surface area contributed by atoms with Gasteiger partial charge in [-0.2, -0.15) is 0 Å². The third kappa shape index (κ3) is 3.16. The maximum atomic E-state index is 12.6. The van der Waals surface area contributed by atoms with Gasteiger partial charge in [0, 0.05) is 6.54 Å². The van der Waals surface area contributed by atoms with Crippen molar-refractivity contribution in [2.75, 3.05) is 6.54 Å². The normalized spacial score (nSPS) is 24.0. The number of rotatable bonds is 3. The summed E-state index contributed by atoms with van der Waals surface area (Å²) in [6.45, 7) is 9.42. The van der Waals surface area contributed by atoms with E-state index in [4.69, 9.17) is 0 Å². The predicted molar refractivity (Wildman–Crippen MR) is 77.6 cm³/mol. The van der Waals surface area contributed by atoms with Crippen LogP contribution in [0.25, 0.3) is 0 Å². The zero-order valence-electron chi connectivity index (χ0n) is 12.3. The summed E-state index contributed by atoms with van der Waals surface area (Å²) in [5.74, 6) is 0.202. The SMILES string of the molecule is CCC1NC(c2ccccc2)C(=O)N1CC(C)(C)C. The monoisotopic (exact) mass is 260 g/mol. The second kappa shape index (κ2) is 5.33. The Balaban J connectivity index is 2.20. The molecule has 0 radical (unpaired) electrons. The largest absolute Gasteiger partial charge is 0.325 e. The Morgan fingerprint density at radius 3 is 2.37 bits per heavy atom. The predicted octanol–water partition coefficient (Wildman–Crippen LogP) is 2.94. The molecule has 0 bridgehead atoms. The van der Waals surface area contributed by atoms with Crippen molar-refractivity contribution in [3.05, 3.63) is 35.9 Å². The minimum Gasteiger partial charge on any atom is -0.325 e. The molecule has 1 aromatic rings. The molecule has 19 heavy (non-hydrogen) atoms.